The van der Waals surface area contributed by atoms with Gasteiger partial charge in [0, 0.05) is 9.50 Å². The van der Waals surface area contributed by atoms with E-state index in [4.69, 9.17) is 28.5 Å². The Morgan fingerprint density at radius 1 is 1.06 bits per heavy atom. The van der Waals surface area contributed by atoms with Crippen LogP contribution in [0.25, 0.3) is 0 Å². The number of halogens is 3. The maximum atomic E-state index is 8.77. The largest absolute Gasteiger partial charge is 0.353 e. The van der Waals surface area contributed by atoms with Crippen LogP contribution in [0.5, 0.6) is 0 Å². The van der Waals surface area contributed by atoms with Crippen LogP contribution in [-0.4, -0.2) is 0 Å². The second-order valence-electron chi connectivity index (χ2n) is 3.56. The summed E-state index contributed by atoms with van der Waals surface area (Å²) in [6.45, 7) is 0. The molecule has 2 nitrogen and oxygen atoms in total. The number of anilines is 2. The monoisotopic (exact) mass is 340 g/mol. The van der Waals surface area contributed by atoms with Gasteiger partial charge < -0.3 is 5.32 Å². The summed E-state index contributed by atoms with van der Waals surface area (Å²) in [6.07, 6.45) is 0. The highest BCUT2D eigenvalue weighted by Gasteiger charge is 2.05. The quantitative estimate of drug-likeness (QED) is 0.796. The predicted octanol–water partition coefficient (Wildman–Crippen LogP) is 5.37. The predicted molar refractivity (Wildman–Crippen MR) is 78.6 cm³/mol. The van der Waals surface area contributed by atoms with Crippen LogP contribution in [0.3, 0.4) is 0 Å². The zero-order valence-electron chi connectivity index (χ0n) is 9.05. The summed E-state index contributed by atoms with van der Waals surface area (Å²) in [5.41, 5.74) is 2.12. The van der Waals surface area contributed by atoms with Gasteiger partial charge in [0.2, 0.25) is 0 Å². The second kappa shape index (κ2) is 5.62. The van der Waals surface area contributed by atoms with Crippen LogP contribution >= 0.6 is 39.1 Å². The molecule has 0 aliphatic carbocycles. The van der Waals surface area contributed by atoms with Gasteiger partial charge in [0.05, 0.1) is 28.0 Å². The van der Waals surface area contributed by atoms with Crippen molar-refractivity contribution in [3.05, 3.63) is 56.5 Å². The first-order valence-corrected chi connectivity index (χ1v) is 6.57. The minimum atomic E-state index is 0.496. The Hall–Kier alpha value is -1.21. The van der Waals surface area contributed by atoms with E-state index in [1.807, 2.05) is 12.1 Å². The lowest BCUT2D eigenvalue weighted by molar-refractivity contribution is 1.47. The van der Waals surface area contributed by atoms with Crippen LogP contribution in [0, 0.1) is 11.3 Å². The fraction of sp³-hybridized carbons (Fsp3) is 0. The van der Waals surface area contributed by atoms with E-state index in [-0.39, 0.29) is 0 Å². The van der Waals surface area contributed by atoms with Crippen LogP contribution in [0.15, 0.2) is 40.9 Å². The van der Waals surface area contributed by atoms with Crippen molar-refractivity contribution in [2.24, 2.45) is 0 Å². The van der Waals surface area contributed by atoms with E-state index in [1.165, 1.54) is 0 Å². The van der Waals surface area contributed by atoms with Crippen molar-refractivity contribution in [2.75, 3.05) is 5.32 Å². The van der Waals surface area contributed by atoms with Crippen molar-refractivity contribution in [1.29, 1.82) is 5.26 Å². The van der Waals surface area contributed by atoms with E-state index < -0.39 is 0 Å². The maximum Gasteiger partial charge on any atom is 0.0992 e. The molecule has 1 N–H and O–H groups in total. The topological polar surface area (TPSA) is 35.8 Å². The Bertz CT molecular complexity index is 635. The highest BCUT2D eigenvalue weighted by atomic mass is 79.9. The van der Waals surface area contributed by atoms with Crippen LogP contribution in [0.1, 0.15) is 5.56 Å². The Morgan fingerprint density at radius 2 is 1.78 bits per heavy atom. The molecule has 2 aromatic rings. The molecule has 0 saturated heterocycles. The van der Waals surface area contributed by atoms with E-state index >= 15 is 0 Å². The van der Waals surface area contributed by atoms with Crippen molar-refractivity contribution in [3.8, 4) is 6.07 Å². The van der Waals surface area contributed by atoms with Crippen LogP contribution < -0.4 is 5.32 Å². The van der Waals surface area contributed by atoms with Crippen molar-refractivity contribution in [1.82, 2.24) is 0 Å². The number of nitriles is 1. The third-order valence-electron chi connectivity index (χ3n) is 2.30. The zero-order chi connectivity index (χ0) is 13.1. The van der Waals surface area contributed by atoms with Gasteiger partial charge in [-0.15, -0.1) is 0 Å². The average molecular weight is 342 g/mol. The first kappa shape index (κ1) is 13.2. The molecule has 2 rings (SSSR count). The Kier molecular flexibility index (Phi) is 4.13. The first-order valence-electron chi connectivity index (χ1n) is 5.02. The highest BCUT2D eigenvalue weighted by molar-refractivity contribution is 9.10. The van der Waals surface area contributed by atoms with Gasteiger partial charge in [-0.1, -0.05) is 23.2 Å². The van der Waals surface area contributed by atoms with E-state index in [9.17, 15) is 0 Å². The fourth-order valence-electron chi connectivity index (χ4n) is 1.42. The minimum absolute atomic E-state index is 0.496. The van der Waals surface area contributed by atoms with Crippen molar-refractivity contribution >= 4 is 50.5 Å². The summed E-state index contributed by atoms with van der Waals surface area (Å²) in [7, 11) is 0. The van der Waals surface area contributed by atoms with Gasteiger partial charge in [-0.05, 0) is 52.3 Å². The van der Waals surface area contributed by atoms with Crippen molar-refractivity contribution in [2.45, 2.75) is 0 Å². The molecule has 0 aromatic heterocycles. The SMILES string of the molecule is N#Cc1ccc(Nc2ccc(Cl)cc2Br)c(Cl)c1. The summed E-state index contributed by atoms with van der Waals surface area (Å²) in [4.78, 5) is 0. The molecule has 0 radical (unpaired) electrons. The molecule has 0 aliphatic rings. The lowest BCUT2D eigenvalue weighted by Crippen LogP contribution is -1.92. The third kappa shape index (κ3) is 2.97. The number of nitrogens with zero attached hydrogens (tertiary/aromatic N) is 1. The molecule has 0 bridgehead atoms. The number of benzene rings is 2. The summed E-state index contributed by atoms with van der Waals surface area (Å²) in [5.74, 6) is 0. The van der Waals surface area contributed by atoms with E-state index in [1.54, 1.807) is 30.3 Å². The van der Waals surface area contributed by atoms with Gasteiger partial charge in [-0.2, -0.15) is 5.26 Å². The molecule has 0 heterocycles. The van der Waals surface area contributed by atoms with E-state index in [0.29, 0.717) is 15.6 Å². The summed E-state index contributed by atoms with van der Waals surface area (Å²) >= 11 is 15.4. The van der Waals surface area contributed by atoms with E-state index in [2.05, 4.69) is 21.2 Å². The first-order chi connectivity index (χ1) is 8.60. The molecule has 0 amide bonds. The Morgan fingerprint density at radius 3 is 2.39 bits per heavy atom. The summed E-state index contributed by atoms with van der Waals surface area (Å²) in [5, 5.41) is 13.1. The van der Waals surface area contributed by atoms with Gasteiger partial charge in [0.25, 0.3) is 0 Å². The summed E-state index contributed by atoms with van der Waals surface area (Å²) < 4.78 is 0.843. The molecule has 0 spiro atoms. The van der Waals surface area contributed by atoms with Gasteiger partial charge in [0.15, 0.2) is 0 Å². The lowest BCUT2D eigenvalue weighted by Gasteiger charge is -2.10. The molecular formula is C13H7BrCl2N2. The lowest BCUT2D eigenvalue weighted by atomic mass is 10.2. The molecule has 0 unspecified atom stereocenters. The van der Waals surface area contributed by atoms with Gasteiger partial charge in [-0.3, -0.25) is 0 Å². The normalized spacial score (nSPS) is 9.89. The van der Waals surface area contributed by atoms with Gasteiger partial charge in [0.1, 0.15) is 0 Å². The molecule has 0 aliphatic heterocycles. The van der Waals surface area contributed by atoms with Gasteiger partial charge >= 0.3 is 0 Å². The fourth-order valence-corrected chi connectivity index (χ4v) is 2.43. The van der Waals surface area contributed by atoms with Crippen LogP contribution in [-0.2, 0) is 0 Å². The average Bonchev–Trinajstić information content (AvgIpc) is 2.34. The number of nitrogens with one attached hydrogen (secondary N) is 1. The minimum Gasteiger partial charge on any atom is -0.353 e. The Balaban J connectivity index is 2.32. The standard InChI is InChI=1S/C13H7BrCl2N2/c14-10-6-9(15)2-4-12(10)18-13-3-1-8(7-17)5-11(13)16/h1-6,18H. The molecule has 18 heavy (non-hydrogen) atoms. The molecule has 90 valence electrons. The van der Waals surface area contributed by atoms with E-state index in [0.717, 1.165) is 15.8 Å². The molecule has 0 atom stereocenters. The summed E-state index contributed by atoms with van der Waals surface area (Å²) in [6, 6.07) is 12.6. The third-order valence-corrected chi connectivity index (χ3v) is 3.50. The number of rotatable bonds is 2. The Labute approximate surface area is 123 Å². The molecule has 2 aromatic carbocycles. The van der Waals surface area contributed by atoms with Crippen LogP contribution in [0.4, 0.5) is 11.4 Å². The molecule has 0 saturated carbocycles. The molecule has 0 fully saturated rings. The molecule has 5 heteroatoms. The highest BCUT2D eigenvalue weighted by Crippen LogP contribution is 2.31. The van der Waals surface area contributed by atoms with Crippen molar-refractivity contribution in [3.63, 3.8) is 0 Å². The smallest absolute Gasteiger partial charge is 0.0992 e. The van der Waals surface area contributed by atoms with Crippen LogP contribution in [0.2, 0.25) is 10.0 Å². The maximum absolute atomic E-state index is 8.77. The van der Waals surface area contributed by atoms with Gasteiger partial charge in [-0.25, -0.2) is 0 Å². The number of hydrogen-bond donors (Lipinski definition) is 1. The number of hydrogen-bond acceptors (Lipinski definition) is 2. The zero-order valence-corrected chi connectivity index (χ0v) is 12.1. The van der Waals surface area contributed by atoms with Crippen molar-refractivity contribution < 1.29 is 0 Å². The second-order valence-corrected chi connectivity index (χ2v) is 5.25. The molecular weight excluding hydrogens is 335 g/mol.